The number of ether oxygens (including phenoxy) is 1. The summed E-state index contributed by atoms with van der Waals surface area (Å²) in [6, 6.07) is 0.790. The molecule has 1 fully saturated rings. The van der Waals surface area contributed by atoms with Gasteiger partial charge in [0.05, 0.1) is 18.8 Å². The van der Waals surface area contributed by atoms with Gasteiger partial charge < -0.3 is 10.1 Å². The molecular weight excluding hydrogens is 226 g/mol. The van der Waals surface area contributed by atoms with Gasteiger partial charge in [-0.25, -0.2) is 0 Å². The molecular formula is C14H25N3O. The van der Waals surface area contributed by atoms with Gasteiger partial charge >= 0.3 is 0 Å². The van der Waals surface area contributed by atoms with E-state index in [2.05, 4.69) is 28.9 Å². The van der Waals surface area contributed by atoms with Crippen molar-refractivity contribution in [2.24, 2.45) is 0 Å². The summed E-state index contributed by atoms with van der Waals surface area (Å²) in [5.41, 5.74) is 3.87. The first-order chi connectivity index (χ1) is 8.72. The Labute approximate surface area is 110 Å². The molecule has 0 saturated heterocycles. The van der Waals surface area contributed by atoms with E-state index in [0.717, 1.165) is 38.8 Å². The molecule has 1 aromatic heterocycles. The Morgan fingerprint density at radius 1 is 1.39 bits per heavy atom. The van der Waals surface area contributed by atoms with Crippen LogP contribution >= 0.6 is 0 Å². The molecule has 0 bridgehead atoms. The highest BCUT2D eigenvalue weighted by Gasteiger charge is 2.20. The lowest BCUT2D eigenvalue weighted by atomic mass is 10.1. The number of nitrogens with zero attached hydrogens (tertiary/aromatic N) is 2. The zero-order valence-electron chi connectivity index (χ0n) is 11.8. The molecule has 1 aliphatic carbocycles. The molecule has 0 amide bonds. The third-order valence-corrected chi connectivity index (χ3v) is 3.57. The Kier molecular flexibility index (Phi) is 4.78. The van der Waals surface area contributed by atoms with Crippen LogP contribution in [0.3, 0.4) is 0 Å². The van der Waals surface area contributed by atoms with Crippen molar-refractivity contribution in [2.75, 3.05) is 19.8 Å². The Balaban J connectivity index is 1.87. The van der Waals surface area contributed by atoms with Crippen molar-refractivity contribution in [1.82, 2.24) is 15.1 Å². The van der Waals surface area contributed by atoms with E-state index in [1.165, 1.54) is 29.8 Å². The molecule has 1 saturated carbocycles. The van der Waals surface area contributed by atoms with Gasteiger partial charge in [-0.1, -0.05) is 0 Å². The number of aromatic nitrogens is 2. The van der Waals surface area contributed by atoms with Gasteiger partial charge in [-0.15, -0.1) is 0 Å². The van der Waals surface area contributed by atoms with Gasteiger partial charge in [0, 0.05) is 18.3 Å². The van der Waals surface area contributed by atoms with Crippen LogP contribution in [0.15, 0.2) is 0 Å². The number of rotatable bonds is 8. The molecule has 1 aliphatic rings. The van der Waals surface area contributed by atoms with Gasteiger partial charge in [-0.3, -0.25) is 4.68 Å². The van der Waals surface area contributed by atoms with Gasteiger partial charge in [0.1, 0.15) is 0 Å². The molecule has 4 heteroatoms. The van der Waals surface area contributed by atoms with Crippen LogP contribution < -0.4 is 5.32 Å². The van der Waals surface area contributed by atoms with Crippen molar-refractivity contribution in [2.45, 2.75) is 52.6 Å². The standard InChI is InChI=1S/C14H25N3O/c1-4-18-10-9-17-12(3)14(11(2)16-17)7-8-15-13-5-6-13/h13,15H,4-10H2,1-3H3. The number of hydrogen-bond donors (Lipinski definition) is 1. The molecule has 4 nitrogen and oxygen atoms in total. The summed E-state index contributed by atoms with van der Waals surface area (Å²) in [4.78, 5) is 0. The first-order valence-corrected chi connectivity index (χ1v) is 7.06. The monoisotopic (exact) mass is 251 g/mol. The average Bonchev–Trinajstić information content (AvgIpc) is 3.12. The maximum absolute atomic E-state index is 5.39. The fourth-order valence-electron chi connectivity index (χ4n) is 2.30. The van der Waals surface area contributed by atoms with E-state index in [0.29, 0.717) is 0 Å². The fourth-order valence-corrected chi connectivity index (χ4v) is 2.30. The van der Waals surface area contributed by atoms with Crippen LogP contribution in [0.4, 0.5) is 0 Å². The third kappa shape index (κ3) is 3.56. The first kappa shape index (κ1) is 13.6. The molecule has 18 heavy (non-hydrogen) atoms. The van der Waals surface area contributed by atoms with Crippen molar-refractivity contribution in [3.05, 3.63) is 17.0 Å². The van der Waals surface area contributed by atoms with Crippen molar-refractivity contribution in [1.29, 1.82) is 0 Å². The summed E-state index contributed by atoms with van der Waals surface area (Å²) in [6.45, 7) is 9.75. The van der Waals surface area contributed by atoms with Gasteiger partial charge in [-0.2, -0.15) is 5.10 Å². The van der Waals surface area contributed by atoms with Crippen LogP contribution in [0, 0.1) is 13.8 Å². The van der Waals surface area contributed by atoms with E-state index in [1.807, 2.05) is 6.92 Å². The maximum atomic E-state index is 5.39. The van der Waals surface area contributed by atoms with Crippen molar-refractivity contribution in [3.8, 4) is 0 Å². The molecule has 1 heterocycles. The Hall–Kier alpha value is -0.870. The van der Waals surface area contributed by atoms with Crippen LogP contribution in [0.5, 0.6) is 0 Å². The minimum absolute atomic E-state index is 0.748. The topological polar surface area (TPSA) is 39.1 Å². The highest BCUT2D eigenvalue weighted by atomic mass is 16.5. The Morgan fingerprint density at radius 3 is 2.83 bits per heavy atom. The molecule has 1 N–H and O–H groups in total. The second-order valence-corrected chi connectivity index (χ2v) is 5.05. The number of hydrogen-bond acceptors (Lipinski definition) is 3. The van der Waals surface area contributed by atoms with E-state index in [4.69, 9.17) is 4.74 Å². The van der Waals surface area contributed by atoms with Crippen LogP contribution in [0.25, 0.3) is 0 Å². The van der Waals surface area contributed by atoms with Crippen LogP contribution in [-0.2, 0) is 17.7 Å². The molecule has 0 aliphatic heterocycles. The predicted molar refractivity (Wildman–Crippen MR) is 72.9 cm³/mol. The SMILES string of the molecule is CCOCCn1nc(C)c(CCNC2CC2)c1C. The van der Waals surface area contributed by atoms with Crippen LogP contribution in [0.2, 0.25) is 0 Å². The summed E-state index contributed by atoms with van der Waals surface area (Å²) in [5, 5.41) is 8.16. The normalized spacial score (nSPS) is 15.3. The highest BCUT2D eigenvalue weighted by Crippen LogP contribution is 2.19. The summed E-state index contributed by atoms with van der Waals surface area (Å²) in [5.74, 6) is 0. The zero-order valence-corrected chi connectivity index (χ0v) is 11.8. The van der Waals surface area contributed by atoms with Crippen molar-refractivity contribution < 1.29 is 4.74 Å². The largest absolute Gasteiger partial charge is 0.380 e. The van der Waals surface area contributed by atoms with E-state index < -0.39 is 0 Å². The predicted octanol–water partition coefficient (Wildman–Crippen LogP) is 1.83. The van der Waals surface area contributed by atoms with Crippen molar-refractivity contribution in [3.63, 3.8) is 0 Å². The number of nitrogens with one attached hydrogen (secondary N) is 1. The third-order valence-electron chi connectivity index (χ3n) is 3.57. The zero-order chi connectivity index (χ0) is 13.0. The summed E-state index contributed by atoms with van der Waals surface area (Å²) < 4.78 is 7.47. The second kappa shape index (κ2) is 6.34. The van der Waals surface area contributed by atoms with Crippen molar-refractivity contribution >= 4 is 0 Å². The maximum Gasteiger partial charge on any atom is 0.0662 e. The van der Waals surface area contributed by atoms with Gasteiger partial charge in [0.25, 0.3) is 0 Å². The summed E-state index contributed by atoms with van der Waals surface area (Å²) >= 11 is 0. The lowest BCUT2D eigenvalue weighted by Crippen LogP contribution is -2.19. The molecule has 0 unspecified atom stereocenters. The van der Waals surface area contributed by atoms with Crippen LogP contribution in [-0.4, -0.2) is 35.6 Å². The van der Waals surface area contributed by atoms with E-state index in [-0.39, 0.29) is 0 Å². The lowest BCUT2D eigenvalue weighted by molar-refractivity contribution is 0.135. The Bertz CT molecular complexity index is 383. The van der Waals surface area contributed by atoms with Crippen LogP contribution in [0.1, 0.15) is 36.7 Å². The second-order valence-electron chi connectivity index (χ2n) is 5.05. The van der Waals surface area contributed by atoms with Gasteiger partial charge in [-0.05, 0) is 52.1 Å². The van der Waals surface area contributed by atoms with Gasteiger partial charge in [0.2, 0.25) is 0 Å². The lowest BCUT2D eigenvalue weighted by Gasteiger charge is -2.06. The van der Waals surface area contributed by atoms with E-state index >= 15 is 0 Å². The number of aryl methyl sites for hydroxylation is 1. The first-order valence-electron chi connectivity index (χ1n) is 7.06. The molecule has 1 aromatic rings. The fraction of sp³-hybridized carbons (Fsp3) is 0.786. The summed E-state index contributed by atoms with van der Waals surface area (Å²) in [7, 11) is 0. The molecule has 0 radical (unpaired) electrons. The van der Waals surface area contributed by atoms with Gasteiger partial charge in [0.15, 0.2) is 0 Å². The molecule has 0 atom stereocenters. The average molecular weight is 251 g/mol. The highest BCUT2D eigenvalue weighted by molar-refractivity contribution is 5.24. The smallest absolute Gasteiger partial charge is 0.0662 e. The summed E-state index contributed by atoms with van der Waals surface area (Å²) in [6.07, 6.45) is 3.79. The van der Waals surface area contributed by atoms with E-state index in [9.17, 15) is 0 Å². The minimum atomic E-state index is 0.748. The molecule has 102 valence electrons. The van der Waals surface area contributed by atoms with E-state index in [1.54, 1.807) is 0 Å². The minimum Gasteiger partial charge on any atom is -0.380 e. The molecule has 0 spiro atoms. The Morgan fingerprint density at radius 2 is 2.17 bits per heavy atom. The quantitative estimate of drug-likeness (QED) is 0.716. The molecule has 0 aromatic carbocycles. The molecule has 2 rings (SSSR count).